The van der Waals surface area contributed by atoms with E-state index in [-0.39, 0.29) is 5.56 Å². The van der Waals surface area contributed by atoms with Gasteiger partial charge in [0.05, 0.1) is 12.7 Å². The summed E-state index contributed by atoms with van der Waals surface area (Å²) in [6.45, 7) is 3.55. The number of hydrogen-bond donors (Lipinski definition) is 2. The molecule has 0 saturated heterocycles. The van der Waals surface area contributed by atoms with E-state index in [9.17, 15) is 14.4 Å². The number of nitrogens with one attached hydrogen (secondary N) is 1. The van der Waals surface area contributed by atoms with Crippen LogP contribution in [-0.2, 0) is 14.3 Å². The van der Waals surface area contributed by atoms with Crippen LogP contribution in [0.3, 0.4) is 0 Å². The van der Waals surface area contributed by atoms with Crippen molar-refractivity contribution in [2.75, 3.05) is 12.4 Å². The molecule has 0 bridgehead atoms. The number of carboxylic acids is 1. The molecule has 1 amide bonds. The lowest BCUT2D eigenvalue weighted by molar-refractivity contribution is -0.139. The van der Waals surface area contributed by atoms with Crippen LogP contribution in [0.4, 0.5) is 5.00 Å². The smallest absolute Gasteiger partial charge is 0.341 e. The van der Waals surface area contributed by atoms with Crippen LogP contribution in [0.2, 0.25) is 0 Å². The Morgan fingerprint density at radius 2 is 1.94 bits per heavy atom. The van der Waals surface area contributed by atoms with Gasteiger partial charge in [0.2, 0.25) is 5.91 Å². The summed E-state index contributed by atoms with van der Waals surface area (Å²) in [5, 5.41) is 11.2. The number of carboxylic acid groups (broad SMARTS) is 1. The van der Waals surface area contributed by atoms with Crippen LogP contribution < -0.4 is 5.32 Å². The summed E-state index contributed by atoms with van der Waals surface area (Å²) in [6, 6.07) is 0. The second-order valence-electron chi connectivity index (χ2n) is 3.60. The molecule has 0 spiro atoms. The number of esters is 1. The van der Waals surface area contributed by atoms with Crippen molar-refractivity contribution in [2.45, 2.75) is 20.3 Å². The average Bonchev–Trinajstić information content (AvgIpc) is 2.52. The zero-order valence-corrected chi connectivity index (χ0v) is 11.0. The van der Waals surface area contributed by atoms with E-state index in [2.05, 4.69) is 10.1 Å². The summed E-state index contributed by atoms with van der Waals surface area (Å²) >= 11 is 1.21. The Hall–Kier alpha value is -1.89. The molecule has 0 atom stereocenters. The minimum Gasteiger partial charge on any atom is -0.481 e. The number of thiophene rings is 1. The number of methoxy groups -OCH3 is 1. The van der Waals surface area contributed by atoms with Crippen molar-refractivity contribution in [2.24, 2.45) is 0 Å². The summed E-state index contributed by atoms with van der Waals surface area (Å²) < 4.78 is 4.63. The molecule has 1 heterocycles. The highest BCUT2D eigenvalue weighted by Crippen LogP contribution is 2.32. The first-order valence-electron chi connectivity index (χ1n) is 5.06. The van der Waals surface area contributed by atoms with Crippen molar-refractivity contribution in [3.05, 3.63) is 16.0 Å². The summed E-state index contributed by atoms with van der Waals surface area (Å²) in [5.74, 6) is -2.45. The fourth-order valence-electron chi connectivity index (χ4n) is 1.37. The van der Waals surface area contributed by atoms with E-state index < -0.39 is 24.3 Å². The zero-order chi connectivity index (χ0) is 13.9. The van der Waals surface area contributed by atoms with E-state index in [4.69, 9.17) is 5.11 Å². The molecule has 1 aromatic heterocycles. The molecule has 18 heavy (non-hydrogen) atoms. The Bertz CT molecular complexity index is 506. The first kappa shape index (κ1) is 14.2. The first-order chi connectivity index (χ1) is 8.36. The zero-order valence-electron chi connectivity index (χ0n) is 10.2. The van der Waals surface area contributed by atoms with E-state index in [0.717, 1.165) is 10.4 Å². The van der Waals surface area contributed by atoms with Crippen molar-refractivity contribution in [1.29, 1.82) is 0 Å². The summed E-state index contributed by atoms with van der Waals surface area (Å²) in [7, 11) is 1.25. The third-order valence-corrected chi connectivity index (χ3v) is 3.46. The lowest BCUT2D eigenvalue weighted by Crippen LogP contribution is -2.17. The molecule has 2 N–H and O–H groups in total. The van der Waals surface area contributed by atoms with E-state index in [1.165, 1.54) is 18.4 Å². The van der Waals surface area contributed by atoms with Crippen molar-refractivity contribution in [3.63, 3.8) is 0 Å². The molecule has 0 saturated carbocycles. The largest absolute Gasteiger partial charge is 0.481 e. The lowest BCUT2D eigenvalue weighted by Gasteiger charge is -2.04. The Balaban J connectivity index is 3.02. The molecule has 0 unspecified atom stereocenters. The Morgan fingerprint density at radius 3 is 2.44 bits per heavy atom. The van der Waals surface area contributed by atoms with Crippen molar-refractivity contribution in [1.82, 2.24) is 0 Å². The van der Waals surface area contributed by atoms with Gasteiger partial charge in [0, 0.05) is 4.88 Å². The maximum atomic E-state index is 11.6. The Labute approximate surface area is 108 Å². The number of aliphatic carboxylic acids is 1. The van der Waals surface area contributed by atoms with Crippen LogP contribution in [-0.4, -0.2) is 30.1 Å². The van der Waals surface area contributed by atoms with Crippen molar-refractivity contribution < 1.29 is 24.2 Å². The number of carbonyl (C=O) groups is 3. The number of amides is 1. The fraction of sp³-hybridized carbons (Fsp3) is 0.364. The van der Waals surface area contributed by atoms with Gasteiger partial charge in [0.25, 0.3) is 0 Å². The molecule has 0 aliphatic rings. The fourth-order valence-corrected chi connectivity index (χ4v) is 2.44. The molecule has 0 radical (unpaired) electrons. The molecule has 6 nitrogen and oxygen atoms in total. The second kappa shape index (κ2) is 5.63. The molecule has 0 fully saturated rings. The van der Waals surface area contributed by atoms with Gasteiger partial charge in [-0.25, -0.2) is 4.79 Å². The SMILES string of the molecule is COC(=O)c1c(NC(=O)CC(=O)O)sc(C)c1C. The van der Waals surface area contributed by atoms with E-state index >= 15 is 0 Å². The predicted octanol–water partition coefficient (Wildman–Crippen LogP) is 1.56. The number of carbonyl (C=O) groups excluding carboxylic acids is 2. The van der Waals surface area contributed by atoms with E-state index in [1.807, 2.05) is 0 Å². The van der Waals surface area contributed by atoms with Crippen LogP contribution in [0.1, 0.15) is 27.2 Å². The minimum absolute atomic E-state index is 0.277. The van der Waals surface area contributed by atoms with Gasteiger partial charge in [-0.15, -0.1) is 11.3 Å². The number of anilines is 1. The van der Waals surface area contributed by atoms with Crippen LogP contribution in [0.15, 0.2) is 0 Å². The molecule has 1 rings (SSSR count). The van der Waals surface area contributed by atoms with Crippen LogP contribution in [0.25, 0.3) is 0 Å². The molecule has 7 heteroatoms. The minimum atomic E-state index is -1.22. The van der Waals surface area contributed by atoms with Gasteiger partial charge in [-0.3, -0.25) is 9.59 Å². The molecular formula is C11H13NO5S. The summed E-state index contributed by atoms with van der Waals surface area (Å²) in [6.07, 6.45) is -0.642. The average molecular weight is 271 g/mol. The van der Waals surface area contributed by atoms with Crippen LogP contribution in [0.5, 0.6) is 0 Å². The van der Waals surface area contributed by atoms with Gasteiger partial charge in [0.1, 0.15) is 11.4 Å². The van der Waals surface area contributed by atoms with Gasteiger partial charge in [0.15, 0.2) is 0 Å². The monoisotopic (exact) mass is 271 g/mol. The second-order valence-corrected chi connectivity index (χ2v) is 4.82. The van der Waals surface area contributed by atoms with E-state index in [0.29, 0.717) is 5.00 Å². The van der Waals surface area contributed by atoms with Crippen LogP contribution >= 0.6 is 11.3 Å². The number of ether oxygens (including phenoxy) is 1. The quantitative estimate of drug-likeness (QED) is 0.640. The number of hydrogen-bond acceptors (Lipinski definition) is 5. The van der Waals surface area contributed by atoms with Crippen molar-refractivity contribution >= 4 is 34.2 Å². The third-order valence-electron chi connectivity index (χ3n) is 2.34. The van der Waals surface area contributed by atoms with Gasteiger partial charge >= 0.3 is 11.9 Å². The number of rotatable bonds is 4. The van der Waals surface area contributed by atoms with Crippen LogP contribution in [0, 0.1) is 13.8 Å². The molecule has 1 aromatic rings. The molecular weight excluding hydrogens is 258 g/mol. The maximum absolute atomic E-state index is 11.6. The van der Waals surface area contributed by atoms with Crippen molar-refractivity contribution in [3.8, 4) is 0 Å². The van der Waals surface area contributed by atoms with Gasteiger partial charge in [-0.1, -0.05) is 0 Å². The summed E-state index contributed by atoms with van der Waals surface area (Å²) in [5.41, 5.74) is 0.996. The third kappa shape index (κ3) is 3.07. The number of aryl methyl sites for hydroxylation is 1. The Morgan fingerprint density at radius 1 is 1.33 bits per heavy atom. The molecule has 98 valence electrons. The molecule has 0 aliphatic heterocycles. The highest BCUT2D eigenvalue weighted by Gasteiger charge is 2.22. The normalized spacial score (nSPS) is 9.94. The van der Waals surface area contributed by atoms with Gasteiger partial charge in [-0.2, -0.15) is 0 Å². The Kier molecular flexibility index (Phi) is 4.43. The molecule has 0 aliphatic carbocycles. The van der Waals surface area contributed by atoms with Gasteiger partial charge < -0.3 is 15.2 Å². The first-order valence-corrected chi connectivity index (χ1v) is 5.88. The standard InChI is InChI=1S/C11H13NO5S/c1-5-6(2)18-10(9(5)11(16)17-3)12-7(13)4-8(14)15/h4H2,1-3H3,(H,12,13)(H,14,15). The highest BCUT2D eigenvalue weighted by molar-refractivity contribution is 7.16. The van der Waals surface area contributed by atoms with E-state index in [1.54, 1.807) is 13.8 Å². The molecule has 0 aromatic carbocycles. The predicted molar refractivity (Wildman–Crippen MR) is 66.0 cm³/mol. The topological polar surface area (TPSA) is 92.7 Å². The maximum Gasteiger partial charge on any atom is 0.341 e. The van der Waals surface area contributed by atoms with Gasteiger partial charge in [-0.05, 0) is 19.4 Å². The summed E-state index contributed by atoms with van der Waals surface area (Å²) in [4.78, 5) is 34.2. The highest BCUT2D eigenvalue weighted by atomic mass is 32.1. The lowest BCUT2D eigenvalue weighted by atomic mass is 10.1.